The molecule has 1 fully saturated rings. The zero-order valence-corrected chi connectivity index (χ0v) is 15.3. The van der Waals surface area contributed by atoms with Crippen LogP contribution in [-0.4, -0.2) is 49.2 Å². The maximum atomic E-state index is 12.2. The van der Waals surface area contributed by atoms with Crippen molar-refractivity contribution in [2.45, 2.75) is 32.6 Å². The molecule has 2 aliphatic heterocycles. The fraction of sp³-hybridized carbons (Fsp3) is 0.438. The minimum Gasteiger partial charge on any atom is -0.477 e. The highest BCUT2D eigenvalue weighted by Gasteiger charge is 2.59. The molecule has 1 amide bonds. The highest BCUT2D eigenvalue weighted by atomic mass is 32.2. The fourth-order valence-electron chi connectivity index (χ4n) is 3.38. The van der Waals surface area contributed by atoms with Gasteiger partial charge in [-0.05, 0) is 18.4 Å². The number of nitrogens with zero attached hydrogens (tertiary/aromatic N) is 2. The number of carboxylic acids is 1. The zero-order valence-electron chi connectivity index (χ0n) is 13.6. The van der Waals surface area contributed by atoms with Gasteiger partial charge in [0.05, 0.1) is 40.8 Å². The molecule has 25 heavy (non-hydrogen) atoms. The first kappa shape index (κ1) is 18.1. The molecular weight excluding hydrogens is 364 g/mol. The number of carbonyl (C=O) groups is 2. The van der Waals surface area contributed by atoms with E-state index in [0.29, 0.717) is 10.6 Å². The van der Waals surface area contributed by atoms with E-state index < -0.39 is 18.0 Å². The molecule has 2 aliphatic rings. The number of amides is 1. The second-order valence-electron chi connectivity index (χ2n) is 6.01. The van der Waals surface area contributed by atoms with Crippen molar-refractivity contribution in [2.24, 2.45) is 11.8 Å². The summed E-state index contributed by atoms with van der Waals surface area (Å²) in [6.07, 6.45) is 0.965. The Hall–Kier alpha value is -1.68. The van der Waals surface area contributed by atoms with E-state index in [1.165, 1.54) is 28.0 Å². The summed E-state index contributed by atoms with van der Waals surface area (Å²) in [7, 11) is 0. The van der Waals surface area contributed by atoms with Gasteiger partial charge in [0.1, 0.15) is 5.70 Å². The standard InChI is InChI=1S/C16H18N2O5S2/c1-7-12-11(8(2)20)15(21)18(12)13(16(22)23)14(7)24-4-3-10-9(5-19)17-6-25-10/h3-4,6-8,11-12,19-20H,5H2,1-2H3,(H,22,23)/b4-3+/t7-,8-,11-,12-/m1/s1. The van der Waals surface area contributed by atoms with E-state index in [0.717, 1.165) is 4.88 Å². The second kappa shape index (κ2) is 6.91. The summed E-state index contributed by atoms with van der Waals surface area (Å²) in [5.41, 5.74) is 2.20. The molecule has 1 saturated heterocycles. The van der Waals surface area contributed by atoms with Gasteiger partial charge in [0.15, 0.2) is 0 Å². The Bertz CT molecular complexity index is 770. The second-order valence-corrected chi connectivity index (χ2v) is 7.85. The van der Waals surface area contributed by atoms with Crippen molar-refractivity contribution in [2.75, 3.05) is 0 Å². The topological polar surface area (TPSA) is 111 Å². The highest BCUT2D eigenvalue weighted by molar-refractivity contribution is 8.06. The number of β-lactam (4-membered cyclic amide) rings is 1. The Kier molecular flexibility index (Phi) is 5.01. The summed E-state index contributed by atoms with van der Waals surface area (Å²) < 4.78 is 0. The smallest absolute Gasteiger partial charge is 0.353 e. The van der Waals surface area contributed by atoms with E-state index in [-0.39, 0.29) is 30.2 Å². The van der Waals surface area contributed by atoms with Gasteiger partial charge in [0, 0.05) is 10.8 Å². The van der Waals surface area contributed by atoms with Crippen molar-refractivity contribution in [1.29, 1.82) is 0 Å². The summed E-state index contributed by atoms with van der Waals surface area (Å²) >= 11 is 2.63. The van der Waals surface area contributed by atoms with Crippen LogP contribution in [0.5, 0.6) is 0 Å². The van der Waals surface area contributed by atoms with Crippen molar-refractivity contribution in [3.8, 4) is 0 Å². The van der Waals surface area contributed by atoms with Gasteiger partial charge in [0.25, 0.3) is 0 Å². The lowest BCUT2D eigenvalue weighted by atomic mass is 9.79. The lowest BCUT2D eigenvalue weighted by molar-refractivity contribution is -0.163. The Morgan fingerprint density at radius 1 is 1.56 bits per heavy atom. The molecule has 0 bridgehead atoms. The van der Waals surface area contributed by atoms with Crippen LogP contribution in [0.2, 0.25) is 0 Å². The van der Waals surface area contributed by atoms with Crippen LogP contribution in [0.25, 0.3) is 6.08 Å². The van der Waals surface area contributed by atoms with Gasteiger partial charge < -0.3 is 20.2 Å². The number of hydrogen-bond donors (Lipinski definition) is 3. The van der Waals surface area contributed by atoms with Gasteiger partial charge in [-0.2, -0.15) is 0 Å². The summed E-state index contributed by atoms with van der Waals surface area (Å²) in [4.78, 5) is 30.6. The average Bonchev–Trinajstić information content (AvgIpc) is 3.09. The van der Waals surface area contributed by atoms with Gasteiger partial charge in [-0.25, -0.2) is 9.78 Å². The normalized spacial score (nSPS) is 27.0. The highest BCUT2D eigenvalue weighted by Crippen LogP contribution is 2.50. The van der Waals surface area contributed by atoms with Crippen molar-refractivity contribution in [1.82, 2.24) is 9.88 Å². The summed E-state index contributed by atoms with van der Waals surface area (Å²) in [6, 6.07) is -0.314. The Balaban J connectivity index is 1.84. The molecule has 134 valence electrons. The first-order chi connectivity index (χ1) is 11.9. The van der Waals surface area contributed by atoms with E-state index in [1.807, 2.05) is 6.92 Å². The molecule has 4 atom stereocenters. The molecule has 9 heteroatoms. The average molecular weight is 382 g/mol. The van der Waals surface area contributed by atoms with Crippen LogP contribution in [0.4, 0.5) is 0 Å². The van der Waals surface area contributed by atoms with E-state index in [9.17, 15) is 24.9 Å². The lowest BCUT2D eigenvalue weighted by Gasteiger charge is -2.46. The van der Waals surface area contributed by atoms with E-state index in [2.05, 4.69) is 4.98 Å². The molecule has 7 nitrogen and oxygen atoms in total. The monoisotopic (exact) mass is 382 g/mol. The van der Waals surface area contributed by atoms with Gasteiger partial charge in [-0.1, -0.05) is 18.7 Å². The molecule has 1 aromatic rings. The molecule has 0 aromatic carbocycles. The number of hydrogen-bond acceptors (Lipinski definition) is 7. The summed E-state index contributed by atoms with van der Waals surface area (Å²) in [5.74, 6) is -2.21. The number of aliphatic hydroxyl groups excluding tert-OH is 2. The van der Waals surface area contributed by atoms with E-state index >= 15 is 0 Å². The van der Waals surface area contributed by atoms with Gasteiger partial charge in [-0.15, -0.1) is 11.3 Å². The van der Waals surface area contributed by atoms with Crippen LogP contribution in [-0.2, 0) is 16.2 Å². The van der Waals surface area contributed by atoms with Crippen molar-refractivity contribution in [3.63, 3.8) is 0 Å². The molecule has 0 aliphatic carbocycles. The Morgan fingerprint density at radius 3 is 2.88 bits per heavy atom. The van der Waals surface area contributed by atoms with Crippen molar-refractivity contribution >= 4 is 41.1 Å². The predicted octanol–water partition coefficient (Wildman–Crippen LogP) is 1.49. The third-order valence-electron chi connectivity index (χ3n) is 4.55. The Labute approximate surface area is 152 Å². The van der Waals surface area contributed by atoms with Gasteiger partial charge in [0.2, 0.25) is 5.91 Å². The number of aliphatic hydroxyl groups is 2. The molecular formula is C16H18N2O5S2. The minimum absolute atomic E-state index is 0.000682. The number of thioether (sulfide) groups is 1. The molecule has 3 N–H and O–H groups in total. The van der Waals surface area contributed by atoms with Gasteiger partial charge >= 0.3 is 5.97 Å². The number of fused-ring (bicyclic) bond motifs is 1. The zero-order chi connectivity index (χ0) is 18.3. The molecule has 0 unspecified atom stereocenters. The maximum Gasteiger partial charge on any atom is 0.353 e. The molecule has 0 spiro atoms. The SMILES string of the molecule is C[C@@H](O)[C@H]1C(=O)N2C(C(=O)O)=C(S/C=C/c3scnc3CO)[C@H](C)[C@H]12. The van der Waals surface area contributed by atoms with Crippen LogP contribution < -0.4 is 0 Å². The summed E-state index contributed by atoms with van der Waals surface area (Å²) in [5, 5.41) is 30.3. The van der Waals surface area contributed by atoms with Crippen molar-refractivity contribution < 1.29 is 24.9 Å². The minimum atomic E-state index is -1.14. The van der Waals surface area contributed by atoms with E-state index in [4.69, 9.17) is 0 Å². The number of thiazole rings is 1. The van der Waals surface area contributed by atoms with Gasteiger partial charge in [-0.3, -0.25) is 4.79 Å². The van der Waals surface area contributed by atoms with Crippen LogP contribution in [0.3, 0.4) is 0 Å². The number of rotatable bonds is 6. The predicted molar refractivity (Wildman–Crippen MR) is 94.3 cm³/mol. The third-order valence-corrected chi connectivity index (χ3v) is 6.48. The largest absolute Gasteiger partial charge is 0.477 e. The van der Waals surface area contributed by atoms with Crippen LogP contribution in [0.1, 0.15) is 24.4 Å². The first-order valence-electron chi connectivity index (χ1n) is 7.73. The van der Waals surface area contributed by atoms with Crippen LogP contribution in [0, 0.1) is 11.8 Å². The van der Waals surface area contributed by atoms with Crippen LogP contribution >= 0.6 is 23.1 Å². The molecule has 3 heterocycles. The van der Waals surface area contributed by atoms with Crippen LogP contribution in [0.15, 0.2) is 21.5 Å². The number of aliphatic carboxylic acids is 1. The molecule has 0 radical (unpaired) electrons. The van der Waals surface area contributed by atoms with Crippen molar-refractivity contribution in [3.05, 3.63) is 32.1 Å². The lowest BCUT2D eigenvalue weighted by Crippen LogP contribution is -2.63. The fourth-order valence-corrected chi connectivity index (χ4v) is 5.16. The quantitative estimate of drug-likeness (QED) is 0.639. The molecule has 3 rings (SSSR count). The third kappa shape index (κ3) is 2.91. The number of carbonyl (C=O) groups excluding carboxylic acids is 1. The molecule has 0 saturated carbocycles. The molecule has 1 aromatic heterocycles. The first-order valence-corrected chi connectivity index (χ1v) is 9.49. The Morgan fingerprint density at radius 2 is 2.28 bits per heavy atom. The van der Waals surface area contributed by atoms with E-state index in [1.54, 1.807) is 23.9 Å². The number of carboxylic acid groups (broad SMARTS) is 1. The maximum absolute atomic E-state index is 12.2. The number of aromatic nitrogens is 1. The summed E-state index contributed by atoms with van der Waals surface area (Å²) in [6.45, 7) is 3.27.